The second-order valence-electron chi connectivity index (χ2n) is 7.05. The average Bonchev–Trinajstić information content (AvgIpc) is 2.71. The van der Waals surface area contributed by atoms with Crippen molar-refractivity contribution in [2.75, 3.05) is 6.54 Å². The number of hydrogen-bond acceptors (Lipinski definition) is 3. The first-order chi connectivity index (χ1) is 13.7. The van der Waals surface area contributed by atoms with Gasteiger partial charge in [-0.05, 0) is 59.8 Å². The van der Waals surface area contributed by atoms with Crippen molar-refractivity contribution in [2.45, 2.75) is 25.7 Å². The van der Waals surface area contributed by atoms with E-state index in [1.165, 1.54) is 16.3 Å². The van der Waals surface area contributed by atoms with Gasteiger partial charge in [0.2, 0.25) is 0 Å². The van der Waals surface area contributed by atoms with Crippen molar-refractivity contribution in [3.05, 3.63) is 92.8 Å². The average molecular weight is 392 g/mol. The van der Waals surface area contributed by atoms with Crippen molar-refractivity contribution in [1.29, 1.82) is 0 Å². The second-order valence-corrected chi connectivity index (χ2v) is 7.49. The molecule has 4 rings (SSSR count). The third-order valence-corrected chi connectivity index (χ3v) is 5.31. The standard InChI is InChI=1S/C24H22ClNO2/c25-19-13-18(8-4-12-26)24-22(14-19)23(27)15-20(28-24)11-10-17-7-3-6-16-5-1-2-9-21(16)17/h1-3,5-7,9,13-15H,4,8,10-12,26H2. The first-order valence-electron chi connectivity index (χ1n) is 9.57. The van der Waals surface area contributed by atoms with Crippen LogP contribution in [0.25, 0.3) is 21.7 Å². The van der Waals surface area contributed by atoms with Gasteiger partial charge in [0.15, 0.2) is 5.43 Å². The molecule has 0 atom stereocenters. The first kappa shape index (κ1) is 18.7. The van der Waals surface area contributed by atoms with Crippen LogP contribution in [0.2, 0.25) is 5.02 Å². The van der Waals surface area contributed by atoms with E-state index in [0.29, 0.717) is 34.7 Å². The van der Waals surface area contributed by atoms with Crippen molar-refractivity contribution in [3.63, 3.8) is 0 Å². The molecular weight excluding hydrogens is 370 g/mol. The molecule has 0 fully saturated rings. The zero-order chi connectivity index (χ0) is 19.5. The van der Waals surface area contributed by atoms with Crippen LogP contribution in [0.1, 0.15) is 23.3 Å². The van der Waals surface area contributed by atoms with Crippen LogP contribution in [0.4, 0.5) is 0 Å². The van der Waals surface area contributed by atoms with Gasteiger partial charge < -0.3 is 10.2 Å². The molecule has 0 amide bonds. The molecule has 0 aliphatic rings. The molecule has 3 nitrogen and oxygen atoms in total. The maximum absolute atomic E-state index is 12.7. The fraction of sp³-hybridized carbons (Fsp3) is 0.208. The van der Waals surface area contributed by atoms with Crippen molar-refractivity contribution >= 4 is 33.3 Å². The number of benzene rings is 3. The van der Waals surface area contributed by atoms with E-state index >= 15 is 0 Å². The molecule has 0 radical (unpaired) electrons. The lowest BCUT2D eigenvalue weighted by atomic mass is 10.00. The van der Waals surface area contributed by atoms with Gasteiger partial charge in [0.25, 0.3) is 0 Å². The predicted octanol–water partition coefficient (Wildman–Crippen LogP) is 5.28. The number of fused-ring (bicyclic) bond motifs is 2. The lowest BCUT2D eigenvalue weighted by molar-refractivity contribution is 0.530. The fourth-order valence-electron chi connectivity index (χ4n) is 3.71. The molecule has 3 aromatic carbocycles. The Morgan fingerprint density at radius 1 is 0.857 bits per heavy atom. The normalized spacial score (nSPS) is 11.4. The fourth-order valence-corrected chi connectivity index (χ4v) is 3.95. The van der Waals surface area contributed by atoms with E-state index < -0.39 is 0 Å². The maximum Gasteiger partial charge on any atom is 0.193 e. The van der Waals surface area contributed by atoms with E-state index in [1.54, 1.807) is 12.1 Å². The molecule has 28 heavy (non-hydrogen) atoms. The zero-order valence-corrected chi connectivity index (χ0v) is 16.3. The molecule has 1 heterocycles. The number of aryl methyl sites for hydroxylation is 3. The highest BCUT2D eigenvalue weighted by atomic mass is 35.5. The van der Waals surface area contributed by atoms with Gasteiger partial charge in [0.05, 0.1) is 5.39 Å². The van der Waals surface area contributed by atoms with Gasteiger partial charge >= 0.3 is 0 Å². The summed E-state index contributed by atoms with van der Waals surface area (Å²) >= 11 is 6.20. The summed E-state index contributed by atoms with van der Waals surface area (Å²) in [6, 6.07) is 19.8. The molecule has 4 aromatic rings. The largest absolute Gasteiger partial charge is 0.461 e. The van der Waals surface area contributed by atoms with E-state index in [1.807, 2.05) is 12.1 Å². The zero-order valence-electron chi connectivity index (χ0n) is 15.6. The molecule has 4 heteroatoms. The minimum Gasteiger partial charge on any atom is -0.461 e. The molecule has 142 valence electrons. The van der Waals surface area contributed by atoms with Crippen LogP contribution >= 0.6 is 11.6 Å². The van der Waals surface area contributed by atoms with Gasteiger partial charge in [-0.25, -0.2) is 0 Å². The van der Waals surface area contributed by atoms with Crippen LogP contribution in [0, 0.1) is 0 Å². The highest BCUT2D eigenvalue weighted by Gasteiger charge is 2.12. The molecule has 0 spiro atoms. The lowest BCUT2D eigenvalue weighted by Crippen LogP contribution is -2.06. The second kappa shape index (κ2) is 8.17. The molecule has 0 bridgehead atoms. The van der Waals surface area contributed by atoms with Gasteiger partial charge in [0.1, 0.15) is 11.3 Å². The summed E-state index contributed by atoms with van der Waals surface area (Å²) < 4.78 is 6.16. The van der Waals surface area contributed by atoms with Crippen molar-refractivity contribution < 1.29 is 4.42 Å². The van der Waals surface area contributed by atoms with Gasteiger partial charge in [-0.1, -0.05) is 54.1 Å². The van der Waals surface area contributed by atoms with Crippen LogP contribution in [0.5, 0.6) is 0 Å². The Bertz CT molecular complexity index is 1190. The van der Waals surface area contributed by atoms with Crippen molar-refractivity contribution in [2.24, 2.45) is 5.73 Å². The Morgan fingerprint density at radius 3 is 2.54 bits per heavy atom. The van der Waals surface area contributed by atoms with E-state index in [9.17, 15) is 4.79 Å². The Hall–Kier alpha value is -2.62. The molecule has 1 aromatic heterocycles. The maximum atomic E-state index is 12.7. The topological polar surface area (TPSA) is 56.2 Å². The quantitative estimate of drug-likeness (QED) is 0.486. The SMILES string of the molecule is NCCCc1cc(Cl)cc2c(=O)cc(CCc3cccc4ccccc34)oc12. The van der Waals surface area contributed by atoms with Crippen LogP contribution in [0.15, 0.2) is 69.9 Å². The van der Waals surface area contributed by atoms with Gasteiger partial charge in [-0.3, -0.25) is 4.79 Å². The third-order valence-electron chi connectivity index (χ3n) is 5.09. The predicted molar refractivity (Wildman–Crippen MR) is 116 cm³/mol. The molecule has 2 N–H and O–H groups in total. The Labute approximate surface area is 168 Å². The van der Waals surface area contributed by atoms with Gasteiger partial charge in [0, 0.05) is 17.5 Å². The molecule has 0 aliphatic heterocycles. The van der Waals surface area contributed by atoms with Crippen LogP contribution < -0.4 is 11.2 Å². The van der Waals surface area contributed by atoms with E-state index in [-0.39, 0.29) is 5.43 Å². The number of hydrogen-bond donors (Lipinski definition) is 1. The summed E-state index contributed by atoms with van der Waals surface area (Å²) in [5.41, 5.74) is 8.43. The minimum absolute atomic E-state index is 0.0503. The summed E-state index contributed by atoms with van der Waals surface area (Å²) in [4.78, 5) is 12.7. The summed E-state index contributed by atoms with van der Waals surface area (Å²) in [5, 5.41) is 3.55. The summed E-state index contributed by atoms with van der Waals surface area (Å²) in [6.07, 6.45) is 3.03. The van der Waals surface area contributed by atoms with Crippen LogP contribution in [-0.4, -0.2) is 6.54 Å². The number of rotatable bonds is 6. The minimum atomic E-state index is -0.0503. The molecule has 0 saturated heterocycles. The number of nitrogens with two attached hydrogens (primary N) is 1. The smallest absolute Gasteiger partial charge is 0.193 e. The highest BCUT2D eigenvalue weighted by Crippen LogP contribution is 2.25. The Morgan fingerprint density at radius 2 is 1.68 bits per heavy atom. The molecular formula is C24H22ClNO2. The van der Waals surface area contributed by atoms with Crippen LogP contribution in [0.3, 0.4) is 0 Å². The molecule has 0 aliphatic carbocycles. The lowest BCUT2D eigenvalue weighted by Gasteiger charge is -2.09. The summed E-state index contributed by atoms with van der Waals surface area (Å²) in [6.45, 7) is 0.582. The Kier molecular flexibility index (Phi) is 5.47. The van der Waals surface area contributed by atoms with Crippen molar-refractivity contribution in [3.8, 4) is 0 Å². The van der Waals surface area contributed by atoms with Crippen LogP contribution in [-0.2, 0) is 19.3 Å². The van der Waals surface area contributed by atoms with Gasteiger partial charge in [-0.15, -0.1) is 0 Å². The van der Waals surface area contributed by atoms with Gasteiger partial charge in [-0.2, -0.15) is 0 Å². The Balaban J connectivity index is 1.69. The molecule has 0 saturated carbocycles. The first-order valence-corrected chi connectivity index (χ1v) is 9.95. The number of halogens is 1. The van der Waals surface area contributed by atoms with Crippen molar-refractivity contribution in [1.82, 2.24) is 0 Å². The van der Waals surface area contributed by atoms with E-state index in [4.69, 9.17) is 21.8 Å². The summed E-state index contributed by atoms with van der Waals surface area (Å²) in [7, 11) is 0. The van der Waals surface area contributed by atoms with E-state index in [2.05, 4.69) is 36.4 Å². The molecule has 0 unspecified atom stereocenters. The third kappa shape index (κ3) is 3.82. The summed E-state index contributed by atoms with van der Waals surface area (Å²) in [5.74, 6) is 0.696. The van der Waals surface area contributed by atoms with E-state index in [0.717, 1.165) is 24.8 Å². The highest BCUT2D eigenvalue weighted by molar-refractivity contribution is 6.31. The monoisotopic (exact) mass is 391 g/mol.